The molecule has 0 heterocycles. The summed E-state index contributed by atoms with van der Waals surface area (Å²) in [6, 6.07) is 0.564. The van der Waals surface area contributed by atoms with Gasteiger partial charge >= 0.3 is 0 Å². The lowest BCUT2D eigenvalue weighted by Crippen LogP contribution is -2.33. The normalized spacial score (nSPS) is 11.1. The van der Waals surface area contributed by atoms with Gasteiger partial charge in [-0.1, -0.05) is 13.8 Å². The lowest BCUT2D eigenvalue weighted by Gasteiger charge is -2.09. The highest BCUT2D eigenvalue weighted by atomic mass is 127. The van der Waals surface area contributed by atoms with Crippen LogP contribution in [0.15, 0.2) is 0 Å². The first kappa shape index (κ1) is 14.6. The molecule has 0 aromatic carbocycles. The number of halogens is 1. The zero-order valence-corrected chi connectivity index (χ0v) is 11.2. The topological polar surface area (TPSA) is 42.5 Å². The lowest BCUT2D eigenvalue weighted by atomic mass is 10.4. The van der Waals surface area contributed by atoms with Crippen LogP contribution >= 0.6 is 23.0 Å². The molecule has 0 bridgehead atoms. The van der Waals surface area contributed by atoms with E-state index in [0.29, 0.717) is 19.3 Å². The summed E-state index contributed by atoms with van der Waals surface area (Å²) in [4.78, 5) is 0. The Morgan fingerprint density at radius 1 is 1.07 bits per heavy atom. The second-order valence-corrected chi connectivity index (χ2v) is 3.91. The van der Waals surface area contributed by atoms with Crippen LogP contribution < -0.4 is 10.6 Å². The highest BCUT2D eigenvalue weighted by Crippen LogP contribution is 1.84. The Balaban J connectivity index is 2.85. The van der Waals surface area contributed by atoms with Crippen LogP contribution in [0.3, 0.4) is 0 Å². The Kier molecular flexibility index (Phi) is 12.1. The van der Waals surface area contributed by atoms with Gasteiger partial charge < -0.3 is 18.4 Å². The zero-order chi connectivity index (χ0) is 10.6. The summed E-state index contributed by atoms with van der Waals surface area (Å²) in [7, 11) is 0. The van der Waals surface area contributed by atoms with Gasteiger partial charge in [0.1, 0.15) is 23.0 Å². The molecule has 0 aliphatic rings. The molecule has 2 N–H and O–H groups in total. The summed E-state index contributed by atoms with van der Waals surface area (Å²) in [6.07, 6.45) is 0. The van der Waals surface area contributed by atoms with Crippen LogP contribution in [0.2, 0.25) is 0 Å². The van der Waals surface area contributed by atoms with Gasteiger partial charge in [-0.3, -0.25) is 0 Å². The molecule has 14 heavy (non-hydrogen) atoms. The van der Waals surface area contributed by atoms with Crippen LogP contribution in [-0.2, 0) is 7.80 Å². The van der Waals surface area contributed by atoms with Crippen molar-refractivity contribution in [1.82, 2.24) is 10.6 Å². The monoisotopic (exact) mass is 316 g/mol. The Labute approximate surface area is 101 Å². The van der Waals surface area contributed by atoms with Crippen molar-refractivity contribution in [3.8, 4) is 0 Å². The number of hydrogen-bond donors (Lipinski definition) is 2. The number of hydrogen-bond acceptors (Lipinski definition) is 4. The van der Waals surface area contributed by atoms with E-state index in [1.165, 1.54) is 0 Å². The molecule has 0 atom stereocenters. The SMILES string of the molecule is CC(C)NCCNCCOCCOI. The largest absolute Gasteiger partial charge is 0.378 e. The predicted octanol–water partition coefficient (Wildman–Crippen LogP) is 0.957. The molecule has 0 fully saturated rings. The first-order chi connectivity index (χ1) is 6.77. The van der Waals surface area contributed by atoms with Gasteiger partial charge in [0, 0.05) is 25.7 Å². The van der Waals surface area contributed by atoms with Crippen molar-refractivity contribution in [2.75, 3.05) is 39.5 Å². The van der Waals surface area contributed by atoms with Crippen LogP contribution in [0.25, 0.3) is 0 Å². The summed E-state index contributed by atoms with van der Waals surface area (Å²) in [6.45, 7) is 9.28. The fraction of sp³-hybridized carbons (Fsp3) is 1.00. The molecule has 0 aliphatic heterocycles. The van der Waals surface area contributed by atoms with Gasteiger partial charge in [0.2, 0.25) is 0 Å². The summed E-state index contributed by atoms with van der Waals surface area (Å²) >= 11 is 1.87. The van der Waals surface area contributed by atoms with E-state index in [2.05, 4.69) is 24.5 Å². The van der Waals surface area contributed by atoms with Crippen LogP contribution in [0.5, 0.6) is 0 Å². The van der Waals surface area contributed by atoms with Crippen molar-refractivity contribution in [2.24, 2.45) is 0 Å². The van der Waals surface area contributed by atoms with Gasteiger partial charge in [-0.2, -0.15) is 0 Å². The lowest BCUT2D eigenvalue weighted by molar-refractivity contribution is 0.115. The van der Waals surface area contributed by atoms with Crippen molar-refractivity contribution in [3.63, 3.8) is 0 Å². The van der Waals surface area contributed by atoms with E-state index in [1.54, 1.807) is 0 Å². The first-order valence-corrected chi connectivity index (χ1v) is 5.91. The van der Waals surface area contributed by atoms with Gasteiger partial charge in [-0.25, -0.2) is 0 Å². The Hall–Kier alpha value is 0.570. The molecule has 0 aromatic heterocycles. The molecule has 0 aliphatic carbocycles. The van der Waals surface area contributed by atoms with E-state index in [9.17, 15) is 0 Å². The van der Waals surface area contributed by atoms with Crippen molar-refractivity contribution in [3.05, 3.63) is 0 Å². The maximum atomic E-state index is 5.29. The first-order valence-electron chi connectivity index (χ1n) is 5.02. The van der Waals surface area contributed by atoms with Crippen LogP contribution in [0.4, 0.5) is 0 Å². The van der Waals surface area contributed by atoms with Gasteiger partial charge in [-0.05, 0) is 0 Å². The molecular formula is C9H21IN2O2. The quantitative estimate of drug-likeness (QED) is 0.465. The molecule has 0 saturated carbocycles. The van der Waals surface area contributed by atoms with Crippen molar-refractivity contribution in [2.45, 2.75) is 19.9 Å². The average molecular weight is 316 g/mol. The third kappa shape index (κ3) is 12.6. The second-order valence-electron chi connectivity index (χ2n) is 3.28. The highest BCUT2D eigenvalue weighted by molar-refractivity contribution is 14.1. The minimum Gasteiger partial charge on any atom is -0.378 e. The Bertz CT molecular complexity index is 115. The number of nitrogens with one attached hydrogen (secondary N) is 2. The van der Waals surface area contributed by atoms with Crippen molar-refractivity contribution < 1.29 is 7.80 Å². The van der Waals surface area contributed by atoms with Gasteiger partial charge in [0.15, 0.2) is 0 Å². The number of ether oxygens (including phenoxy) is 1. The van der Waals surface area contributed by atoms with E-state index in [4.69, 9.17) is 7.80 Å². The molecule has 4 nitrogen and oxygen atoms in total. The summed E-state index contributed by atoms with van der Waals surface area (Å²) in [5.74, 6) is 0. The fourth-order valence-electron chi connectivity index (χ4n) is 0.911. The predicted molar refractivity (Wildman–Crippen MR) is 66.8 cm³/mol. The van der Waals surface area contributed by atoms with Crippen molar-refractivity contribution in [1.29, 1.82) is 0 Å². The summed E-state index contributed by atoms with van der Waals surface area (Å²) in [5, 5.41) is 6.62. The maximum Gasteiger partial charge on any atom is 0.109 e. The minimum absolute atomic E-state index is 0.564. The molecule has 0 saturated heterocycles. The number of rotatable bonds is 10. The van der Waals surface area contributed by atoms with Gasteiger partial charge in [0.25, 0.3) is 0 Å². The standard InChI is InChI=1S/C9H21IN2O2/c1-9(2)12-4-3-11-5-6-13-7-8-14-10/h9,11-12H,3-8H2,1-2H3. The molecule has 0 unspecified atom stereocenters. The third-order valence-electron chi connectivity index (χ3n) is 1.58. The molecule has 86 valence electrons. The molecule has 0 spiro atoms. The molecule has 0 amide bonds. The third-order valence-corrected chi connectivity index (χ3v) is 2.02. The Morgan fingerprint density at radius 3 is 2.50 bits per heavy atom. The van der Waals surface area contributed by atoms with E-state index in [0.717, 1.165) is 26.2 Å². The smallest absolute Gasteiger partial charge is 0.109 e. The average Bonchev–Trinajstić information content (AvgIpc) is 2.15. The molecule has 0 rings (SSSR count). The zero-order valence-electron chi connectivity index (χ0n) is 9.01. The van der Waals surface area contributed by atoms with Crippen LogP contribution in [-0.4, -0.2) is 45.5 Å². The highest BCUT2D eigenvalue weighted by Gasteiger charge is 1.91. The minimum atomic E-state index is 0.564. The van der Waals surface area contributed by atoms with Gasteiger partial charge in [-0.15, -0.1) is 0 Å². The van der Waals surface area contributed by atoms with Crippen LogP contribution in [0, 0.1) is 0 Å². The summed E-state index contributed by atoms with van der Waals surface area (Å²) in [5.41, 5.74) is 0. The second kappa shape index (κ2) is 11.6. The molecule has 0 aromatic rings. The fourth-order valence-corrected chi connectivity index (χ4v) is 1.09. The molecular weight excluding hydrogens is 295 g/mol. The van der Waals surface area contributed by atoms with Crippen molar-refractivity contribution >= 4 is 23.0 Å². The van der Waals surface area contributed by atoms with Crippen LogP contribution in [0.1, 0.15) is 13.8 Å². The maximum absolute atomic E-state index is 5.29. The van der Waals surface area contributed by atoms with Gasteiger partial charge in [0.05, 0.1) is 19.8 Å². The Morgan fingerprint density at radius 2 is 1.86 bits per heavy atom. The van der Waals surface area contributed by atoms with E-state index < -0.39 is 0 Å². The summed E-state index contributed by atoms with van der Waals surface area (Å²) < 4.78 is 10.1. The molecule has 0 radical (unpaired) electrons. The van der Waals surface area contributed by atoms with E-state index >= 15 is 0 Å². The van der Waals surface area contributed by atoms with E-state index in [-0.39, 0.29) is 0 Å². The van der Waals surface area contributed by atoms with E-state index in [1.807, 2.05) is 23.0 Å². The molecule has 5 heteroatoms.